The molecule has 0 amide bonds. The molecule has 0 radical (unpaired) electrons. The first-order valence-corrected chi connectivity index (χ1v) is 15.3. The minimum absolute atomic E-state index is 0.0336. The topological polar surface area (TPSA) is 88.9 Å². The van der Waals surface area contributed by atoms with Crippen LogP contribution in [-0.2, 0) is 6.54 Å². The molecule has 1 aliphatic heterocycles. The monoisotopic (exact) mass is 551 g/mol. The molecule has 2 fully saturated rings. The summed E-state index contributed by atoms with van der Waals surface area (Å²) < 4.78 is 1.68. The van der Waals surface area contributed by atoms with Gasteiger partial charge in [0.2, 0.25) is 5.95 Å². The number of carbonyl (C=O) groups is 1. The molecule has 7 rings (SSSR count). The molecule has 1 saturated carbocycles. The van der Waals surface area contributed by atoms with Crippen LogP contribution in [0.25, 0.3) is 16.6 Å². The van der Waals surface area contributed by atoms with Gasteiger partial charge in [0.05, 0.1) is 12.1 Å². The maximum Gasteiger partial charge on any atom is 0.263 e. The van der Waals surface area contributed by atoms with E-state index in [1.54, 1.807) is 28.2 Å². The smallest absolute Gasteiger partial charge is 0.263 e. The van der Waals surface area contributed by atoms with Crippen molar-refractivity contribution in [1.29, 1.82) is 0 Å². The van der Waals surface area contributed by atoms with Gasteiger partial charge in [-0.15, -0.1) is 11.3 Å². The molecule has 1 aromatic carbocycles. The summed E-state index contributed by atoms with van der Waals surface area (Å²) in [4.78, 5) is 37.4. The Morgan fingerprint density at radius 3 is 2.75 bits per heavy atom. The van der Waals surface area contributed by atoms with E-state index in [0.717, 1.165) is 49.3 Å². The van der Waals surface area contributed by atoms with Gasteiger partial charge >= 0.3 is 0 Å². The van der Waals surface area contributed by atoms with Gasteiger partial charge in [0, 0.05) is 34.6 Å². The normalized spacial score (nSPS) is 19.1. The maximum atomic E-state index is 13.8. The van der Waals surface area contributed by atoms with Crippen molar-refractivity contribution in [3.63, 3.8) is 0 Å². The van der Waals surface area contributed by atoms with Crippen molar-refractivity contribution in [1.82, 2.24) is 19.9 Å². The minimum atomic E-state index is -0.265. The standard InChI is InChI=1S/C32H33N5O2S/c38-29(22-7-8-22)27-16-24-18-34-32(35-25-11-9-20(10-12-25)23-6-3-14-33-17-23)36-30(24)37(31(27)39)19-28-26(13-15-40-28)21-4-1-2-5-21/h4,9-13,15-16,18,22-23,33H,1-3,5-8,14,17,19H2,(H,34,35,36). The number of carbonyl (C=O) groups excluding carboxylic acids is 1. The van der Waals surface area contributed by atoms with Gasteiger partial charge in [-0.1, -0.05) is 18.2 Å². The third-order valence-corrected chi connectivity index (χ3v) is 9.32. The number of Topliss-reactive ketones (excluding diaryl/α,β-unsaturated/α-hetero) is 1. The Morgan fingerprint density at radius 1 is 1.12 bits per heavy atom. The fourth-order valence-electron chi connectivity index (χ4n) is 6.02. The Balaban J connectivity index is 1.24. The number of nitrogens with one attached hydrogen (secondary N) is 2. The Hall–Kier alpha value is -3.62. The van der Waals surface area contributed by atoms with Crippen molar-refractivity contribution >= 4 is 45.4 Å². The van der Waals surface area contributed by atoms with Gasteiger partial charge in [-0.3, -0.25) is 14.2 Å². The average Bonchev–Trinajstić information content (AvgIpc) is 3.49. The summed E-state index contributed by atoms with van der Waals surface area (Å²) in [5.74, 6) is 0.887. The van der Waals surface area contributed by atoms with Crippen LogP contribution in [0.4, 0.5) is 11.6 Å². The first kappa shape index (κ1) is 25.4. The zero-order chi connectivity index (χ0) is 27.1. The van der Waals surface area contributed by atoms with E-state index in [1.807, 2.05) is 0 Å². The number of anilines is 2. The van der Waals surface area contributed by atoms with Gasteiger partial charge in [0.1, 0.15) is 5.65 Å². The third kappa shape index (κ3) is 5.02. The van der Waals surface area contributed by atoms with E-state index in [-0.39, 0.29) is 22.8 Å². The van der Waals surface area contributed by atoms with Gasteiger partial charge in [-0.2, -0.15) is 4.98 Å². The third-order valence-electron chi connectivity index (χ3n) is 8.41. The second-order valence-electron chi connectivity index (χ2n) is 11.2. The molecule has 2 aliphatic carbocycles. The first-order valence-electron chi connectivity index (χ1n) is 14.4. The number of aromatic nitrogens is 3. The molecule has 3 aromatic heterocycles. The highest BCUT2D eigenvalue weighted by Gasteiger charge is 2.33. The maximum absolute atomic E-state index is 13.8. The number of rotatable bonds is 8. The van der Waals surface area contributed by atoms with E-state index in [2.05, 4.69) is 57.4 Å². The van der Waals surface area contributed by atoms with Gasteiger partial charge in [-0.25, -0.2) is 4.98 Å². The molecule has 0 bridgehead atoms. The summed E-state index contributed by atoms with van der Waals surface area (Å²) in [6.45, 7) is 2.50. The predicted octanol–water partition coefficient (Wildman–Crippen LogP) is 6.27. The Morgan fingerprint density at radius 2 is 2.00 bits per heavy atom. The molecule has 8 heteroatoms. The molecule has 4 aromatic rings. The van der Waals surface area contributed by atoms with Crippen LogP contribution in [-0.4, -0.2) is 33.4 Å². The Kier molecular flexibility index (Phi) is 6.81. The number of piperidine rings is 1. The highest BCUT2D eigenvalue weighted by molar-refractivity contribution is 7.10. The SMILES string of the molecule is O=C(c1cc2cnc(Nc3ccc(C4CCCNC4)cc3)nc2n(Cc2sccc2C2=CCCC2)c1=O)C1CC1. The van der Waals surface area contributed by atoms with Crippen LogP contribution in [0, 0.1) is 5.92 Å². The number of pyridine rings is 1. The number of benzene rings is 1. The van der Waals surface area contributed by atoms with Gasteiger partial charge in [-0.05, 0) is 104 Å². The molecule has 4 heterocycles. The van der Waals surface area contributed by atoms with Gasteiger partial charge < -0.3 is 10.6 Å². The lowest BCUT2D eigenvalue weighted by Crippen LogP contribution is -2.28. The highest BCUT2D eigenvalue weighted by Crippen LogP contribution is 2.34. The second-order valence-corrected chi connectivity index (χ2v) is 12.2. The summed E-state index contributed by atoms with van der Waals surface area (Å²) in [5.41, 5.74) is 5.33. The summed E-state index contributed by atoms with van der Waals surface area (Å²) in [6.07, 6.45) is 11.5. The zero-order valence-corrected chi connectivity index (χ0v) is 23.3. The minimum Gasteiger partial charge on any atom is -0.324 e. The fraction of sp³-hybridized carbons (Fsp3) is 0.375. The summed E-state index contributed by atoms with van der Waals surface area (Å²) in [7, 11) is 0. The lowest BCUT2D eigenvalue weighted by molar-refractivity contribution is 0.0966. The molecule has 2 N–H and O–H groups in total. The average molecular weight is 552 g/mol. The molecule has 1 unspecified atom stereocenters. The van der Waals surface area contributed by atoms with E-state index in [1.165, 1.54) is 36.0 Å². The van der Waals surface area contributed by atoms with Crippen LogP contribution in [0.15, 0.2) is 58.8 Å². The van der Waals surface area contributed by atoms with Crippen LogP contribution >= 0.6 is 11.3 Å². The van der Waals surface area contributed by atoms with Crippen molar-refractivity contribution in [2.24, 2.45) is 5.92 Å². The summed E-state index contributed by atoms with van der Waals surface area (Å²) in [6, 6.07) is 12.3. The van der Waals surface area contributed by atoms with Crippen molar-refractivity contribution in [2.75, 3.05) is 18.4 Å². The zero-order valence-electron chi connectivity index (χ0n) is 22.5. The molecule has 7 nitrogen and oxygen atoms in total. The van der Waals surface area contributed by atoms with Crippen LogP contribution in [0.3, 0.4) is 0 Å². The number of hydrogen-bond donors (Lipinski definition) is 2. The Labute approximate surface area is 237 Å². The molecule has 3 aliphatic rings. The van der Waals surface area contributed by atoms with Crippen LogP contribution in [0.2, 0.25) is 0 Å². The Bertz CT molecular complexity index is 1660. The fourth-order valence-corrected chi connectivity index (χ4v) is 6.92. The lowest BCUT2D eigenvalue weighted by Gasteiger charge is -2.23. The first-order chi connectivity index (χ1) is 19.6. The number of nitrogens with zero attached hydrogens (tertiary/aromatic N) is 3. The van der Waals surface area contributed by atoms with Crippen LogP contribution in [0.5, 0.6) is 0 Å². The van der Waals surface area contributed by atoms with Crippen molar-refractivity contribution < 1.29 is 4.79 Å². The van der Waals surface area contributed by atoms with Crippen molar-refractivity contribution in [3.8, 4) is 0 Å². The van der Waals surface area contributed by atoms with Crippen LogP contribution < -0.4 is 16.2 Å². The largest absolute Gasteiger partial charge is 0.324 e. The van der Waals surface area contributed by atoms with E-state index in [4.69, 9.17) is 4.98 Å². The second kappa shape index (κ2) is 10.7. The molecule has 1 saturated heterocycles. The predicted molar refractivity (Wildman–Crippen MR) is 161 cm³/mol. The number of ketones is 1. The molecule has 0 spiro atoms. The van der Waals surface area contributed by atoms with E-state index in [0.29, 0.717) is 29.4 Å². The van der Waals surface area contributed by atoms with E-state index < -0.39 is 0 Å². The lowest BCUT2D eigenvalue weighted by atomic mass is 9.92. The molecular weight excluding hydrogens is 518 g/mol. The number of hydrogen-bond acceptors (Lipinski definition) is 7. The number of fused-ring (bicyclic) bond motifs is 1. The summed E-state index contributed by atoms with van der Waals surface area (Å²) >= 11 is 1.65. The number of thiophene rings is 1. The summed E-state index contributed by atoms with van der Waals surface area (Å²) in [5, 5.41) is 9.60. The van der Waals surface area contributed by atoms with Gasteiger partial charge in [0.15, 0.2) is 5.78 Å². The van der Waals surface area contributed by atoms with Crippen molar-refractivity contribution in [2.45, 2.75) is 57.4 Å². The number of allylic oxidation sites excluding steroid dienone is 2. The van der Waals surface area contributed by atoms with Crippen LogP contribution in [0.1, 0.15) is 77.2 Å². The molecule has 204 valence electrons. The van der Waals surface area contributed by atoms with Crippen molar-refractivity contribution in [3.05, 3.63) is 86.0 Å². The quantitative estimate of drug-likeness (QED) is 0.251. The highest BCUT2D eigenvalue weighted by atomic mass is 32.1. The van der Waals surface area contributed by atoms with E-state index in [9.17, 15) is 9.59 Å². The molecule has 40 heavy (non-hydrogen) atoms. The molecular formula is C32H33N5O2S. The molecule has 1 atom stereocenters. The van der Waals surface area contributed by atoms with E-state index >= 15 is 0 Å². The van der Waals surface area contributed by atoms with Gasteiger partial charge in [0.25, 0.3) is 5.56 Å².